The van der Waals surface area contributed by atoms with Gasteiger partial charge in [0, 0.05) is 18.3 Å². The van der Waals surface area contributed by atoms with Gasteiger partial charge in [-0.05, 0) is 37.2 Å². The molecule has 0 saturated heterocycles. The predicted molar refractivity (Wildman–Crippen MR) is 82.7 cm³/mol. The van der Waals surface area contributed by atoms with Crippen molar-refractivity contribution < 1.29 is 4.74 Å². The summed E-state index contributed by atoms with van der Waals surface area (Å²) in [6, 6.07) is 14.2. The number of nitrogens with one attached hydrogen (secondary N) is 1. The Morgan fingerprint density at radius 1 is 1.20 bits per heavy atom. The Morgan fingerprint density at radius 2 is 2.00 bits per heavy atom. The van der Waals surface area contributed by atoms with E-state index in [2.05, 4.69) is 28.5 Å². The molecule has 0 aliphatic rings. The van der Waals surface area contributed by atoms with Crippen LogP contribution in [0, 0.1) is 6.92 Å². The van der Waals surface area contributed by atoms with Gasteiger partial charge in [0.1, 0.15) is 6.61 Å². The van der Waals surface area contributed by atoms with E-state index in [1.165, 1.54) is 11.1 Å². The van der Waals surface area contributed by atoms with Gasteiger partial charge in [0.25, 0.3) is 0 Å². The highest BCUT2D eigenvalue weighted by atomic mass is 16.5. The maximum absolute atomic E-state index is 5.67. The Hall–Kier alpha value is -2.13. The van der Waals surface area contributed by atoms with Crippen molar-refractivity contribution in [1.29, 1.82) is 0 Å². The molecule has 0 bridgehead atoms. The highest BCUT2D eigenvalue weighted by Crippen LogP contribution is 2.12. The highest BCUT2D eigenvalue weighted by Gasteiger charge is 2.00. The summed E-state index contributed by atoms with van der Waals surface area (Å²) in [5, 5.41) is 3.13. The summed E-state index contributed by atoms with van der Waals surface area (Å²) in [6.45, 7) is 3.32. The highest BCUT2D eigenvalue weighted by molar-refractivity contribution is 5.48. The molecular weight excluding hydrogens is 248 g/mol. The number of benzene rings is 1. The van der Waals surface area contributed by atoms with Gasteiger partial charge in [0.15, 0.2) is 0 Å². The minimum atomic E-state index is 0.518. The fourth-order valence-corrected chi connectivity index (χ4v) is 1.97. The molecule has 0 saturated carbocycles. The number of ether oxygens (including phenoxy) is 1. The topological polar surface area (TPSA) is 34.2 Å². The molecule has 0 amide bonds. The van der Waals surface area contributed by atoms with E-state index in [0.717, 1.165) is 12.2 Å². The van der Waals surface area contributed by atoms with Gasteiger partial charge in [-0.2, -0.15) is 0 Å². The molecule has 0 unspecified atom stereocenters. The smallest absolute Gasteiger partial charge is 0.214 e. The van der Waals surface area contributed by atoms with E-state index in [9.17, 15) is 0 Å². The second kappa shape index (κ2) is 7.46. The van der Waals surface area contributed by atoms with Gasteiger partial charge < -0.3 is 10.1 Å². The number of aromatic nitrogens is 1. The second-order valence-electron chi connectivity index (χ2n) is 4.61. The molecule has 1 aromatic heterocycles. The van der Waals surface area contributed by atoms with Gasteiger partial charge in [0.05, 0.1) is 0 Å². The van der Waals surface area contributed by atoms with E-state index < -0.39 is 0 Å². The third-order valence-electron chi connectivity index (χ3n) is 2.81. The molecule has 3 nitrogen and oxygen atoms in total. The number of nitrogens with zero attached hydrogens (tertiary/aromatic N) is 1. The average molecular weight is 268 g/mol. The van der Waals surface area contributed by atoms with Crippen molar-refractivity contribution in [3.63, 3.8) is 0 Å². The minimum Gasteiger partial charge on any atom is -0.473 e. The summed E-state index contributed by atoms with van der Waals surface area (Å²) in [4.78, 5) is 4.38. The van der Waals surface area contributed by atoms with Gasteiger partial charge in [-0.3, -0.25) is 0 Å². The zero-order valence-electron chi connectivity index (χ0n) is 12.0. The Bertz CT molecular complexity index is 564. The van der Waals surface area contributed by atoms with Crippen molar-refractivity contribution in [2.45, 2.75) is 13.5 Å². The number of rotatable bonds is 6. The first-order chi connectivity index (χ1) is 9.78. The van der Waals surface area contributed by atoms with Crippen LogP contribution in [0.25, 0.3) is 6.08 Å². The summed E-state index contributed by atoms with van der Waals surface area (Å²) in [6.07, 6.45) is 4.04. The van der Waals surface area contributed by atoms with E-state index in [1.54, 1.807) is 0 Å². The zero-order valence-corrected chi connectivity index (χ0v) is 12.0. The second-order valence-corrected chi connectivity index (χ2v) is 4.61. The number of hydrogen-bond donors (Lipinski definition) is 1. The molecule has 1 N–H and O–H groups in total. The molecule has 0 spiro atoms. The van der Waals surface area contributed by atoms with Crippen LogP contribution in [-0.4, -0.2) is 18.6 Å². The molecule has 1 aromatic carbocycles. The lowest BCUT2D eigenvalue weighted by Gasteiger charge is -2.07. The minimum absolute atomic E-state index is 0.518. The first kappa shape index (κ1) is 14.3. The first-order valence-electron chi connectivity index (χ1n) is 6.74. The fraction of sp³-hybridized carbons (Fsp3) is 0.235. The van der Waals surface area contributed by atoms with E-state index >= 15 is 0 Å². The van der Waals surface area contributed by atoms with Gasteiger partial charge in [-0.15, -0.1) is 0 Å². The molecule has 104 valence electrons. The summed E-state index contributed by atoms with van der Waals surface area (Å²) in [7, 11) is 1.93. The van der Waals surface area contributed by atoms with Gasteiger partial charge in [-0.25, -0.2) is 4.98 Å². The van der Waals surface area contributed by atoms with Crippen molar-refractivity contribution in [3.8, 4) is 5.88 Å². The van der Waals surface area contributed by atoms with Crippen LogP contribution in [0.15, 0.2) is 48.5 Å². The summed E-state index contributed by atoms with van der Waals surface area (Å²) >= 11 is 0. The summed E-state index contributed by atoms with van der Waals surface area (Å²) < 4.78 is 5.67. The van der Waals surface area contributed by atoms with E-state index in [0.29, 0.717) is 12.5 Å². The van der Waals surface area contributed by atoms with Crippen molar-refractivity contribution in [3.05, 3.63) is 65.4 Å². The normalized spacial score (nSPS) is 10.9. The molecule has 0 aliphatic heterocycles. The van der Waals surface area contributed by atoms with E-state index in [-0.39, 0.29) is 0 Å². The zero-order chi connectivity index (χ0) is 14.2. The van der Waals surface area contributed by atoms with Crippen LogP contribution in [0.4, 0.5) is 0 Å². The standard InChI is InChI=1S/C17H20N2O/c1-14-11-16(13-18-2)12-17(19-14)20-10-6-9-15-7-4-3-5-8-15/h3-9,11-12,18H,10,13H2,1-2H3/b9-6+. The van der Waals surface area contributed by atoms with Crippen LogP contribution in [0.5, 0.6) is 5.88 Å². The molecule has 0 atom stereocenters. The van der Waals surface area contributed by atoms with Crippen molar-refractivity contribution in [1.82, 2.24) is 10.3 Å². The van der Waals surface area contributed by atoms with Crippen LogP contribution >= 0.6 is 0 Å². The lowest BCUT2D eigenvalue weighted by Crippen LogP contribution is -2.06. The quantitative estimate of drug-likeness (QED) is 0.873. The van der Waals surface area contributed by atoms with Gasteiger partial charge in [-0.1, -0.05) is 36.4 Å². The predicted octanol–water partition coefficient (Wildman–Crippen LogP) is 3.20. The lowest BCUT2D eigenvalue weighted by molar-refractivity contribution is 0.348. The maximum atomic E-state index is 5.67. The Morgan fingerprint density at radius 3 is 2.75 bits per heavy atom. The number of hydrogen-bond acceptors (Lipinski definition) is 3. The van der Waals surface area contributed by atoms with E-state index in [4.69, 9.17) is 4.74 Å². The summed E-state index contributed by atoms with van der Waals surface area (Å²) in [5.74, 6) is 0.674. The average Bonchev–Trinajstić information content (AvgIpc) is 2.45. The van der Waals surface area contributed by atoms with Crippen LogP contribution in [0.3, 0.4) is 0 Å². The Balaban J connectivity index is 1.92. The maximum Gasteiger partial charge on any atom is 0.214 e. The van der Waals surface area contributed by atoms with E-state index in [1.807, 2.05) is 50.4 Å². The first-order valence-corrected chi connectivity index (χ1v) is 6.74. The van der Waals surface area contributed by atoms with Crippen LogP contribution in [-0.2, 0) is 6.54 Å². The van der Waals surface area contributed by atoms with Crippen molar-refractivity contribution in [2.24, 2.45) is 0 Å². The Labute approximate surface area is 120 Å². The van der Waals surface area contributed by atoms with Crippen LogP contribution in [0.2, 0.25) is 0 Å². The Kier molecular flexibility index (Phi) is 5.33. The largest absolute Gasteiger partial charge is 0.473 e. The van der Waals surface area contributed by atoms with Crippen molar-refractivity contribution in [2.75, 3.05) is 13.7 Å². The van der Waals surface area contributed by atoms with Crippen molar-refractivity contribution >= 4 is 6.08 Å². The van der Waals surface area contributed by atoms with Crippen LogP contribution < -0.4 is 10.1 Å². The number of aryl methyl sites for hydroxylation is 1. The van der Waals surface area contributed by atoms with Crippen LogP contribution in [0.1, 0.15) is 16.8 Å². The molecule has 3 heteroatoms. The lowest BCUT2D eigenvalue weighted by atomic mass is 10.2. The SMILES string of the molecule is CNCc1cc(C)nc(OC/C=C/c2ccccc2)c1. The fourth-order valence-electron chi connectivity index (χ4n) is 1.97. The molecule has 20 heavy (non-hydrogen) atoms. The molecule has 1 heterocycles. The van der Waals surface area contributed by atoms with Gasteiger partial charge >= 0.3 is 0 Å². The van der Waals surface area contributed by atoms with Gasteiger partial charge in [0.2, 0.25) is 5.88 Å². The molecule has 0 aliphatic carbocycles. The molecular formula is C17H20N2O. The monoisotopic (exact) mass is 268 g/mol. The molecule has 2 rings (SSSR count). The molecule has 0 fully saturated rings. The molecule has 0 radical (unpaired) electrons. The number of pyridine rings is 1. The summed E-state index contributed by atoms with van der Waals surface area (Å²) in [5.41, 5.74) is 3.33. The molecule has 2 aromatic rings. The third-order valence-corrected chi connectivity index (χ3v) is 2.81. The third kappa shape index (κ3) is 4.52.